The summed E-state index contributed by atoms with van der Waals surface area (Å²) in [6.07, 6.45) is 3.98. The molecule has 16 heavy (non-hydrogen) atoms. The molecule has 0 radical (unpaired) electrons. The molecule has 1 heterocycles. The van der Waals surface area contributed by atoms with Gasteiger partial charge in [0.25, 0.3) is 0 Å². The van der Waals surface area contributed by atoms with Crippen LogP contribution in [0.15, 0.2) is 0 Å². The number of piperidine rings is 1. The highest BCUT2D eigenvalue weighted by atomic mass is 15.2. The van der Waals surface area contributed by atoms with Gasteiger partial charge in [-0.05, 0) is 60.0 Å². The van der Waals surface area contributed by atoms with Crippen molar-refractivity contribution in [3.8, 4) is 0 Å². The van der Waals surface area contributed by atoms with E-state index in [9.17, 15) is 0 Å². The van der Waals surface area contributed by atoms with Crippen LogP contribution in [0.2, 0.25) is 0 Å². The Balaban J connectivity index is 2.36. The van der Waals surface area contributed by atoms with Crippen LogP contribution in [-0.2, 0) is 0 Å². The first-order chi connectivity index (χ1) is 7.63. The first-order valence-electron chi connectivity index (χ1n) is 6.70. The Bertz CT molecular complexity index is 174. The van der Waals surface area contributed by atoms with Gasteiger partial charge in [-0.15, -0.1) is 0 Å². The summed E-state index contributed by atoms with van der Waals surface area (Å²) < 4.78 is 0. The zero-order valence-electron chi connectivity index (χ0n) is 11.6. The van der Waals surface area contributed by atoms with Gasteiger partial charge in [0.2, 0.25) is 0 Å². The largest absolute Gasteiger partial charge is 0.308 e. The average Bonchev–Trinajstić information content (AvgIpc) is 2.25. The van der Waals surface area contributed by atoms with E-state index in [0.29, 0.717) is 0 Å². The minimum Gasteiger partial charge on any atom is -0.308 e. The van der Waals surface area contributed by atoms with E-state index in [1.165, 1.54) is 52.0 Å². The zero-order chi connectivity index (χ0) is 12.0. The third-order valence-electron chi connectivity index (χ3n) is 3.55. The minimum absolute atomic E-state index is 0.830. The number of likely N-dealkylation sites (tertiary alicyclic amines) is 1. The molecule has 0 bridgehead atoms. The van der Waals surface area contributed by atoms with Crippen LogP contribution in [-0.4, -0.2) is 74.6 Å². The molecule has 96 valence electrons. The second-order valence-electron chi connectivity index (χ2n) is 5.37. The molecule has 1 aliphatic rings. The Morgan fingerprint density at radius 2 is 1.69 bits per heavy atom. The van der Waals surface area contributed by atoms with E-state index in [1.54, 1.807) is 0 Å². The van der Waals surface area contributed by atoms with E-state index in [2.05, 4.69) is 42.8 Å². The number of hydrogen-bond donors (Lipinski definition) is 0. The summed E-state index contributed by atoms with van der Waals surface area (Å²) in [6, 6.07) is 0.830. The maximum atomic E-state index is 2.70. The molecule has 0 saturated carbocycles. The fraction of sp³-hybridized carbons (Fsp3) is 1.00. The summed E-state index contributed by atoms with van der Waals surface area (Å²) in [7, 11) is 6.57. The van der Waals surface area contributed by atoms with Crippen molar-refractivity contribution in [1.29, 1.82) is 0 Å². The fourth-order valence-corrected chi connectivity index (χ4v) is 2.45. The highest BCUT2D eigenvalue weighted by Gasteiger charge is 2.22. The second-order valence-corrected chi connectivity index (χ2v) is 5.37. The standard InChI is InChI=1S/C13H29N3/c1-5-8-16(12-11-14(2)3)13-6-9-15(4)10-7-13/h13H,5-12H2,1-4H3. The smallest absolute Gasteiger partial charge is 0.0120 e. The van der Waals surface area contributed by atoms with Gasteiger partial charge in [0.05, 0.1) is 0 Å². The van der Waals surface area contributed by atoms with Gasteiger partial charge in [-0.3, -0.25) is 4.90 Å². The Labute approximate surface area is 101 Å². The van der Waals surface area contributed by atoms with E-state index in [0.717, 1.165) is 6.04 Å². The van der Waals surface area contributed by atoms with E-state index < -0.39 is 0 Å². The van der Waals surface area contributed by atoms with Gasteiger partial charge in [-0.2, -0.15) is 0 Å². The molecule has 1 aliphatic heterocycles. The van der Waals surface area contributed by atoms with Crippen LogP contribution in [0.3, 0.4) is 0 Å². The molecule has 1 saturated heterocycles. The number of hydrogen-bond acceptors (Lipinski definition) is 3. The van der Waals surface area contributed by atoms with Gasteiger partial charge in [0, 0.05) is 19.1 Å². The maximum absolute atomic E-state index is 2.70. The van der Waals surface area contributed by atoms with Crippen LogP contribution in [0.1, 0.15) is 26.2 Å². The summed E-state index contributed by atoms with van der Waals surface area (Å²) in [5.41, 5.74) is 0. The molecule has 0 atom stereocenters. The van der Waals surface area contributed by atoms with Crippen LogP contribution >= 0.6 is 0 Å². The van der Waals surface area contributed by atoms with Crippen LogP contribution in [0.25, 0.3) is 0 Å². The third-order valence-corrected chi connectivity index (χ3v) is 3.55. The van der Waals surface area contributed by atoms with Gasteiger partial charge in [-0.25, -0.2) is 0 Å². The molecule has 1 rings (SSSR count). The number of rotatable bonds is 6. The quantitative estimate of drug-likeness (QED) is 0.678. The van der Waals surface area contributed by atoms with Gasteiger partial charge in [0.1, 0.15) is 0 Å². The van der Waals surface area contributed by atoms with Crippen molar-refractivity contribution >= 4 is 0 Å². The lowest BCUT2D eigenvalue weighted by Crippen LogP contribution is -2.46. The molecule has 1 fully saturated rings. The topological polar surface area (TPSA) is 9.72 Å². The van der Waals surface area contributed by atoms with Crippen molar-refractivity contribution in [1.82, 2.24) is 14.7 Å². The molecule has 0 N–H and O–H groups in total. The summed E-state index contributed by atoms with van der Waals surface area (Å²) in [4.78, 5) is 7.44. The lowest BCUT2D eigenvalue weighted by Gasteiger charge is -2.37. The Morgan fingerprint density at radius 3 is 2.19 bits per heavy atom. The molecule has 0 amide bonds. The van der Waals surface area contributed by atoms with Crippen LogP contribution < -0.4 is 0 Å². The molecule has 0 aromatic rings. The SMILES string of the molecule is CCCN(CCN(C)C)C1CCN(C)CC1. The molecule has 0 aliphatic carbocycles. The summed E-state index contributed by atoms with van der Waals surface area (Å²) >= 11 is 0. The fourth-order valence-electron chi connectivity index (χ4n) is 2.45. The average molecular weight is 227 g/mol. The lowest BCUT2D eigenvalue weighted by molar-refractivity contribution is 0.113. The van der Waals surface area contributed by atoms with Crippen molar-refractivity contribution in [2.45, 2.75) is 32.2 Å². The summed E-state index contributed by atoms with van der Waals surface area (Å²) in [5.74, 6) is 0. The molecule has 3 heteroatoms. The predicted molar refractivity (Wildman–Crippen MR) is 70.9 cm³/mol. The Kier molecular flexibility index (Phi) is 6.32. The van der Waals surface area contributed by atoms with Crippen molar-refractivity contribution in [2.75, 3.05) is 53.9 Å². The molecule has 3 nitrogen and oxygen atoms in total. The highest BCUT2D eigenvalue weighted by molar-refractivity contribution is 4.78. The van der Waals surface area contributed by atoms with E-state index >= 15 is 0 Å². The Hall–Kier alpha value is -0.120. The van der Waals surface area contributed by atoms with Crippen molar-refractivity contribution < 1.29 is 0 Å². The highest BCUT2D eigenvalue weighted by Crippen LogP contribution is 2.15. The van der Waals surface area contributed by atoms with Crippen molar-refractivity contribution in [3.63, 3.8) is 0 Å². The van der Waals surface area contributed by atoms with E-state index in [4.69, 9.17) is 0 Å². The predicted octanol–water partition coefficient (Wildman–Crippen LogP) is 1.35. The van der Waals surface area contributed by atoms with Gasteiger partial charge in [0.15, 0.2) is 0 Å². The molecule has 0 aromatic heterocycles. The molecular formula is C13H29N3. The first kappa shape index (κ1) is 13.9. The van der Waals surface area contributed by atoms with E-state index in [1.807, 2.05) is 0 Å². The summed E-state index contributed by atoms with van der Waals surface area (Å²) in [6.45, 7) is 8.51. The van der Waals surface area contributed by atoms with Crippen LogP contribution in [0.5, 0.6) is 0 Å². The van der Waals surface area contributed by atoms with Crippen molar-refractivity contribution in [2.24, 2.45) is 0 Å². The van der Waals surface area contributed by atoms with Crippen LogP contribution in [0, 0.1) is 0 Å². The molecule has 0 aromatic carbocycles. The Morgan fingerprint density at radius 1 is 1.06 bits per heavy atom. The second kappa shape index (κ2) is 7.25. The molecular weight excluding hydrogens is 198 g/mol. The third kappa shape index (κ3) is 4.81. The maximum Gasteiger partial charge on any atom is 0.0120 e. The number of nitrogens with zero attached hydrogens (tertiary/aromatic N) is 3. The molecule has 0 unspecified atom stereocenters. The van der Waals surface area contributed by atoms with E-state index in [-0.39, 0.29) is 0 Å². The van der Waals surface area contributed by atoms with Crippen LogP contribution in [0.4, 0.5) is 0 Å². The first-order valence-corrected chi connectivity index (χ1v) is 6.70. The minimum atomic E-state index is 0.830. The monoisotopic (exact) mass is 227 g/mol. The van der Waals surface area contributed by atoms with Gasteiger partial charge >= 0.3 is 0 Å². The zero-order valence-corrected chi connectivity index (χ0v) is 11.6. The normalized spacial score (nSPS) is 19.9. The van der Waals surface area contributed by atoms with Gasteiger partial charge < -0.3 is 9.80 Å². The molecule has 0 spiro atoms. The summed E-state index contributed by atoms with van der Waals surface area (Å²) in [5, 5.41) is 0. The van der Waals surface area contributed by atoms with Crippen molar-refractivity contribution in [3.05, 3.63) is 0 Å². The number of likely N-dealkylation sites (N-methyl/N-ethyl adjacent to an activating group) is 1. The lowest BCUT2D eigenvalue weighted by atomic mass is 10.0. The van der Waals surface area contributed by atoms with Gasteiger partial charge in [-0.1, -0.05) is 6.92 Å².